The second kappa shape index (κ2) is 5.85. The van der Waals surface area contributed by atoms with Gasteiger partial charge in [-0.3, -0.25) is 9.78 Å². The van der Waals surface area contributed by atoms with Gasteiger partial charge >= 0.3 is 0 Å². The third kappa shape index (κ3) is 2.59. The van der Waals surface area contributed by atoms with Crippen molar-refractivity contribution in [2.24, 2.45) is 0 Å². The van der Waals surface area contributed by atoms with Crippen molar-refractivity contribution in [3.8, 4) is 11.8 Å². The molecule has 5 nitrogen and oxygen atoms in total. The number of anilines is 1. The largest absolute Gasteiger partial charge is 0.497 e. The number of nitriles is 1. The van der Waals surface area contributed by atoms with E-state index in [2.05, 4.69) is 4.98 Å². The first kappa shape index (κ1) is 13.6. The summed E-state index contributed by atoms with van der Waals surface area (Å²) in [6.07, 6.45) is 2.89. The standard InChI is InChI=1S/C15H13N3O2/c1-18(12-3-5-13(20-2)6-4-12)15(19)14-10-17-8-7-11(14)9-16/h3-8,10H,1-2H3. The van der Waals surface area contributed by atoms with E-state index in [-0.39, 0.29) is 11.5 Å². The van der Waals surface area contributed by atoms with Crippen LogP contribution < -0.4 is 9.64 Å². The van der Waals surface area contributed by atoms with Crippen LogP contribution in [0.1, 0.15) is 15.9 Å². The Morgan fingerprint density at radius 2 is 2.00 bits per heavy atom. The summed E-state index contributed by atoms with van der Waals surface area (Å²) in [7, 11) is 3.23. The summed E-state index contributed by atoms with van der Waals surface area (Å²) < 4.78 is 5.07. The van der Waals surface area contributed by atoms with Gasteiger partial charge in [0, 0.05) is 25.1 Å². The summed E-state index contributed by atoms with van der Waals surface area (Å²) >= 11 is 0. The molecule has 0 radical (unpaired) electrons. The lowest BCUT2D eigenvalue weighted by Crippen LogP contribution is -2.27. The molecule has 1 amide bonds. The zero-order valence-electron chi connectivity index (χ0n) is 11.2. The van der Waals surface area contributed by atoms with E-state index in [9.17, 15) is 4.79 Å². The molecule has 1 heterocycles. The topological polar surface area (TPSA) is 66.2 Å². The van der Waals surface area contributed by atoms with Crippen LogP contribution in [0.4, 0.5) is 5.69 Å². The van der Waals surface area contributed by atoms with Gasteiger partial charge < -0.3 is 9.64 Å². The second-order valence-electron chi connectivity index (χ2n) is 4.10. The highest BCUT2D eigenvalue weighted by Gasteiger charge is 2.17. The van der Waals surface area contributed by atoms with Crippen molar-refractivity contribution in [2.45, 2.75) is 0 Å². The van der Waals surface area contributed by atoms with Crippen LogP contribution in [0.5, 0.6) is 5.75 Å². The van der Waals surface area contributed by atoms with Crippen molar-refractivity contribution >= 4 is 11.6 Å². The molecule has 0 aliphatic heterocycles. The summed E-state index contributed by atoms with van der Waals surface area (Å²) in [5.41, 5.74) is 1.31. The van der Waals surface area contributed by atoms with Gasteiger partial charge in [-0.1, -0.05) is 0 Å². The number of rotatable bonds is 3. The molecule has 5 heteroatoms. The number of pyridine rings is 1. The maximum Gasteiger partial charge on any atom is 0.260 e. The number of hydrogen-bond donors (Lipinski definition) is 0. The number of hydrogen-bond acceptors (Lipinski definition) is 4. The van der Waals surface area contributed by atoms with Crippen LogP contribution in [0.3, 0.4) is 0 Å². The van der Waals surface area contributed by atoms with Crippen molar-refractivity contribution < 1.29 is 9.53 Å². The fourth-order valence-corrected chi connectivity index (χ4v) is 1.77. The van der Waals surface area contributed by atoms with Gasteiger partial charge in [0.15, 0.2) is 0 Å². The monoisotopic (exact) mass is 267 g/mol. The Morgan fingerprint density at radius 3 is 2.60 bits per heavy atom. The molecule has 0 unspecified atom stereocenters. The van der Waals surface area contributed by atoms with Gasteiger partial charge in [0.2, 0.25) is 0 Å². The van der Waals surface area contributed by atoms with E-state index < -0.39 is 0 Å². The van der Waals surface area contributed by atoms with E-state index in [1.807, 2.05) is 6.07 Å². The fourth-order valence-electron chi connectivity index (χ4n) is 1.77. The maximum absolute atomic E-state index is 12.4. The zero-order valence-corrected chi connectivity index (χ0v) is 11.2. The highest BCUT2D eigenvalue weighted by atomic mass is 16.5. The summed E-state index contributed by atoms with van der Waals surface area (Å²) in [4.78, 5) is 17.8. The Labute approximate surface area is 117 Å². The number of amides is 1. The van der Waals surface area contributed by atoms with E-state index in [1.54, 1.807) is 38.4 Å². The summed E-state index contributed by atoms with van der Waals surface area (Å²) in [6, 6.07) is 10.6. The number of carbonyl (C=O) groups excluding carboxylic acids is 1. The highest BCUT2D eigenvalue weighted by molar-refractivity contribution is 6.07. The first-order chi connectivity index (χ1) is 9.67. The van der Waals surface area contributed by atoms with Crippen molar-refractivity contribution in [3.63, 3.8) is 0 Å². The molecular weight excluding hydrogens is 254 g/mol. The quantitative estimate of drug-likeness (QED) is 0.855. The minimum Gasteiger partial charge on any atom is -0.497 e. The smallest absolute Gasteiger partial charge is 0.260 e. The third-order valence-electron chi connectivity index (χ3n) is 2.94. The molecule has 0 atom stereocenters. The molecule has 2 rings (SSSR count). The first-order valence-corrected chi connectivity index (χ1v) is 5.93. The number of aromatic nitrogens is 1. The van der Waals surface area contributed by atoms with Gasteiger partial charge in [-0.15, -0.1) is 0 Å². The van der Waals surface area contributed by atoms with E-state index in [1.165, 1.54) is 23.4 Å². The van der Waals surface area contributed by atoms with Gasteiger partial charge in [-0.25, -0.2) is 0 Å². The van der Waals surface area contributed by atoms with Crippen molar-refractivity contribution in [2.75, 3.05) is 19.1 Å². The molecule has 0 saturated heterocycles. The lowest BCUT2D eigenvalue weighted by Gasteiger charge is -2.18. The Morgan fingerprint density at radius 1 is 1.30 bits per heavy atom. The van der Waals surface area contributed by atoms with Crippen LogP contribution in [-0.2, 0) is 0 Å². The van der Waals surface area contributed by atoms with E-state index in [0.717, 1.165) is 0 Å². The third-order valence-corrected chi connectivity index (χ3v) is 2.94. The normalized spacial score (nSPS) is 9.65. The zero-order chi connectivity index (χ0) is 14.5. The molecule has 1 aromatic heterocycles. The van der Waals surface area contributed by atoms with Crippen LogP contribution in [0.25, 0.3) is 0 Å². The molecule has 0 saturated carbocycles. The van der Waals surface area contributed by atoms with Gasteiger partial charge in [-0.05, 0) is 30.3 Å². The maximum atomic E-state index is 12.4. The molecular formula is C15H13N3O2. The average molecular weight is 267 g/mol. The van der Waals surface area contributed by atoms with Gasteiger partial charge in [0.05, 0.1) is 18.2 Å². The molecule has 0 bridgehead atoms. The predicted molar refractivity (Wildman–Crippen MR) is 74.7 cm³/mol. The van der Waals surface area contributed by atoms with Crippen molar-refractivity contribution in [1.82, 2.24) is 4.98 Å². The lowest BCUT2D eigenvalue weighted by molar-refractivity contribution is 0.0992. The van der Waals surface area contributed by atoms with Crippen LogP contribution in [0, 0.1) is 11.3 Å². The Balaban J connectivity index is 2.30. The highest BCUT2D eigenvalue weighted by Crippen LogP contribution is 2.20. The molecule has 0 spiro atoms. The van der Waals surface area contributed by atoms with Crippen LogP contribution in [0.2, 0.25) is 0 Å². The molecule has 0 fully saturated rings. The van der Waals surface area contributed by atoms with E-state index in [4.69, 9.17) is 10.00 Å². The Kier molecular flexibility index (Phi) is 3.96. The summed E-state index contributed by atoms with van der Waals surface area (Å²) in [5.74, 6) is 0.438. The van der Waals surface area contributed by atoms with Crippen molar-refractivity contribution in [3.05, 3.63) is 53.9 Å². The number of ether oxygens (including phenoxy) is 1. The summed E-state index contributed by atoms with van der Waals surface area (Å²) in [6.45, 7) is 0. The van der Waals surface area contributed by atoms with Gasteiger partial charge in [0.25, 0.3) is 5.91 Å². The SMILES string of the molecule is COc1ccc(N(C)C(=O)c2cnccc2C#N)cc1. The molecule has 0 aliphatic rings. The molecule has 2 aromatic rings. The van der Waals surface area contributed by atoms with E-state index >= 15 is 0 Å². The predicted octanol–water partition coefficient (Wildman–Crippen LogP) is 2.24. The Hall–Kier alpha value is -2.87. The minimum atomic E-state index is -0.278. The molecule has 20 heavy (non-hydrogen) atoms. The second-order valence-corrected chi connectivity index (χ2v) is 4.10. The van der Waals surface area contributed by atoms with Gasteiger partial charge in [-0.2, -0.15) is 5.26 Å². The molecule has 1 aromatic carbocycles. The van der Waals surface area contributed by atoms with Crippen LogP contribution in [0.15, 0.2) is 42.7 Å². The minimum absolute atomic E-state index is 0.278. The number of benzene rings is 1. The lowest BCUT2D eigenvalue weighted by atomic mass is 10.1. The Bertz CT molecular complexity index is 660. The van der Waals surface area contributed by atoms with Crippen LogP contribution >= 0.6 is 0 Å². The number of methoxy groups -OCH3 is 1. The van der Waals surface area contributed by atoms with Crippen LogP contribution in [-0.4, -0.2) is 25.0 Å². The number of nitrogens with zero attached hydrogens (tertiary/aromatic N) is 3. The molecule has 0 aliphatic carbocycles. The van der Waals surface area contributed by atoms with Crippen molar-refractivity contribution in [1.29, 1.82) is 5.26 Å². The molecule has 100 valence electrons. The number of carbonyl (C=O) groups is 1. The summed E-state index contributed by atoms with van der Waals surface area (Å²) in [5, 5.41) is 9.02. The average Bonchev–Trinajstić information content (AvgIpc) is 2.53. The van der Waals surface area contributed by atoms with E-state index in [0.29, 0.717) is 17.0 Å². The van der Waals surface area contributed by atoms with Gasteiger partial charge in [0.1, 0.15) is 11.8 Å². The first-order valence-electron chi connectivity index (χ1n) is 5.93. The molecule has 0 N–H and O–H groups in total. The fraction of sp³-hybridized carbons (Fsp3) is 0.133.